The Morgan fingerprint density at radius 1 is 1.05 bits per heavy atom. The molecule has 0 aliphatic heterocycles. The summed E-state index contributed by atoms with van der Waals surface area (Å²) >= 11 is 3.41. The molecule has 0 aromatic heterocycles. The van der Waals surface area contributed by atoms with E-state index in [2.05, 4.69) is 21.2 Å². The summed E-state index contributed by atoms with van der Waals surface area (Å²) in [7, 11) is 0. The molecule has 1 N–H and O–H groups in total. The number of carbonyl (C=O) groups is 1. The molecule has 0 heterocycles. The van der Waals surface area contributed by atoms with Crippen LogP contribution in [0.2, 0.25) is 0 Å². The molecule has 1 unspecified atom stereocenters. The minimum Gasteiger partial charge on any atom is -0.346 e. The number of halogens is 1. The molecule has 2 aromatic carbocycles. The van der Waals surface area contributed by atoms with Crippen molar-refractivity contribution in [2.24, 2.45) is 0 Å². The van der Waals surface area contributed by atoms with Gasteiger partial charge >= 0.3 is 0 Å². The molecule has 1 amide bonds. The van der Waals surface area contributed by atoms with Crippen molar-refractivity contribution in [2.45, 2.75) is 26.8 Å². The van der Waals surface area contributed by atoms with Crippen molar-refractivity contribution < 1.29 is 4.79 Å². The second-order valence-electron chi connectivity index (χ2n) is 5.05. The van der Waals surface area contributed by atoms with Gasteiger partial charge in [-0.05, 0) is 61.7 Å². The topological polar surface area (TPSA) is 29.1 Å². The third kappa shape index (κ3) is 3.48. The van der Waals surface area contributed by atoms with Gasteiger partial charge < -0.3 is 5.32 Å². The Hall–Kier alpha value is -1.61. The highest BCUT2D eigenvalue weighted by atomic mass is 79.9. The Balaban J connectivity index is 2.10. The summed E-state index contributed by atoms with van der Waals surface area (Å²) in [6.45, 7) is 6.05. The van der Waals surface area contributed by atoms with E-state index in [0.29, 0.717) is 5.56 Å². The van der Waals surface area contributed by atoms with Crippen molar-refractivity contribution in [2.75, 3.05) is 0 Å². The normalized spacial score (nSPS) is 12.0. The van der Waals surface area contributed by atoms with Gasteiger partial charge in [0.1, 0.15) is 0 Å². The van der Waals surface area contributed by atoms with E-state index >= 15 is 0 Å². The lowest BCUT2D eigenvalue weighted by atomic mass is 10.0. The zero-order valence-corrected chi connectivity index (χ0v) is 13.5. The first-order valence-corrected chi connectivity index (χ1v) is 7.40. The fourth-order valence-corrected chi connectivity index (χ4v) is 2.26. The minimum absolute atomic E-state index is 0.0165. The highest BCUT2D eigenvalue weighted by molar-refractivity contribution is 9.10. The van der Waals surface area contributed by atoms with Gasteiger partial charge in [0, 0.05) is 10.0 Å². The maximum absolute atomic E-state index is 12.2. The fraction of sp³-hybridized carbons (Fsp3) is 0.235. The zero-order chi connectivity index (χ0) is 14.7. The molecule has 0 fully saturated rings. The van der Waals surface area contributed by atoms with E-state index in [-0.39, 0.29) is 11.9 Å². The van der Waals surface area contributed by atoms with Crippen LogP contribution in [0.3, 0.4) is 0 Å². The van der Waals surface area contributed by atoms with Crippen LogP contribution in [-0.4, -0.2) is 5.91 Å². The summed E-state index contributed by atoms with van der Waals surface area (Å²) < 4.78 is 1.04. The molecule has 104 valence electrons. The quantitative estimate of drug-likeness (QED) is 0.877. The standard InChI is InChI=1S/C17H18BrNO/c1-11-4-5-15(10-12(11)2)17(20)19-13(3)14-6-8-16(18)9-7-14/h4-10,13H,1-3H3,(H,19,20). The molecule has 0 saturated heterocycles. The van der Waals surface area contributed by atoms with Crippen molar-refractivity contribution in [3.8, 4) is 0 Å². The highest BCUT2D eigenvalue weighted by Gasteiger charge is 2.11. The first kappa shape index (κ1) is 14.8. The molecule has 2 rings (SSSR count). The summed E-state index contributed by atoms with van der Waals surface area (Å²) in [5, 5.41) is 3.02. The third-order valence-corrected chi connectivity index (χ3v) is 4.02. The fourth-order valence-electron chi connectivity index (χ4n) is 2.00. The lowest BCUT2D eigenvalue weighted by Gasteiger charge is -2.15. The lowest BCUT2D eigenvalue weighted by Crippen LogP contribution is -2.26. The minimum atomic E-state index is -0.0384. The van der Waals surface area contributed by atoms with Crippen LogP contribution >= 0.6 is 15.9 Å². The van der Waals surface area contributed by atoms with Crippen LogP contribution in [0.5, 0.6) is 0 Å². The second-order valence-corrected chi connectivity index (χ2v) is 5.96. The monoisotopic (exact) mass is 331 g/mol. The molecule has 0 spiro atoms. The predicted octanol–water partition coefficient (Wildman–Crippen LogP) is 4.56. The number of hydrogen-bond donors (Lipinski definition) is 1. The van der Waals surface area contributed by atoms with Crippen LogP contribution in [0, 0.1) is 13.8 Å². The average Bonchev–Trinajstić information content (AvgIpc) is 2.42. The average molecular weight is 332 g/mol. The number of aryl methyl sites for hydroxylation is 2. The van der Waals surface area contributed by atoms with Crippen LogP contribution in [0.1, 0.15) is 40.0 Å². The number of benzene rings is 2. The highest BCUT2D eigenvalue weighted by Crippen LogP contribution is 2.17. The zero-order valence-electron chi connectivity index (χ0n) is 11.9. The van der Waals surface area contributed by atoms with Crippen molar-refractivity contribution in [1.29, 1.82) is 0 Å². The van der Waals surface area contributed by atoms with Gasteiger partial charge in [0.05, 0.1) is 6.04 Å². The first-order valence-electron chi connectivity index (χ1n) is 6.61. The Morgan fingerprint density at radius 3 is 2.30 bits per heavy atom. The Labute approximate surface area is 128 Å². The van der Waals surface area contributed by atoms with Crippen molar-refractivity contribution >= 4 is 21.8 Å². The molecule has 1 atom stereocenters. The SMILES string of the molecule is Cc1ccc(C(=O)NC(C)c2ccc(Br)cc2)cc1C. The van der Waals surface area contributed by atoms with Gasteiger partial charge in [-0.1, -0.05) is 34.1 Å². The molecule has 0 aliphatic carbocycles. The largest absolute Gasteiger partial charge is 0.346 e. The van der Waals surface area contributed by atoms with E-state index in [1.165, 1.54) is 5.56 Å². The second kappa shape index (κ2) is 6.23. The van der Waals surface area contributed by atoms with Gasteiger partial charge in [0.25, 0.3) is 5.91 Å². The first-order chi connectivity index (χ1) is 9.47. The van der Waals surface area contributed by atoms with E-state index in [1.807, 2.05) is 63.2 Å². The van der Waals surface area contributed by atoms with Gasteiger partial charge in [-0.25, -0.2) is 0 Å². The summed E-state index contributed by atoms with van der Waals surface area (Å²) in [5.74, 6) is -0.0384. The predicted molar refractivity (Wildman–Crippen MR) is 85.9 cm³/mol. The third-order valence-electron chi connectivity index (χ3n) is 3.49. The van der Waals surface area contributed by atoms with Crippen LogP contribution < -0.4 is 5.32 Å². The van der Waals surface area contributed by atoms with Crippen LogP contribution in [0.15, 0.2) is 46.9 Å². The maximum Gasteiger partial charge on any atom is 0.251 e. The van der Waals surface area contributed by atoms with Crippen LogP contribution in [-0.2, 0) is 0 Å². The number of nitrogens with one attached hydrogen (secondary N) is 1. The molecule has 0 aliphatic rings. The summed E-state index contributed by atoms with van der Waals surface area (Å²) in [5.41, 5.74) is 4.12. The van der Waals surface area contributed by atoms with Crippen LogP contribution in [0.4, 0.5) is 0 Å². The van der Waals surface area contributed by atoms with E-state index in [0.717, 1.165) is 15.6 Å². The van der Waals surface area contributed by atoms with Gasteiger partial charge in [0.15, 0.2) is 0 Å². The Kier molecular flexibility index (Phi) is 4.61. The molecular weight excluding hydrogens is 314 g/mol. The summed E-state index contributed by atoms with van der Waals surface area (Å²) in [6.07, 6.45) is 0. The van der Waals surface area contributed by atoms with Gasteiger partial charge in [-0.3, -0.25) is 4.79 Å². The Bertz CT molecular complexity index is 619. The van der Waals surface area contributed by atoms with E-state index < -0.39 is 0 Å². The van der Waals surface area contributed by atoms with Crippen molar-refractivity contribution in [1.82, 2.24) is 5.32 Å². The number of carbonyl (C=O) groups excluding carboxylic acids is 1. The van der Waals surface area contributed by atoms with E-state index in [9.17, 15) is 4.79 Å². The summed E-state index contributed by atoms with van der Waals surface area (Å²) in [4.78, 5) is 12.2. The van der Waals surface area contributed by atoms with E-state index in [4.69, 9.17) is 0 Å². The molecule has 0 saturated carbocycles. The number of hydrogen-bond acceptors (Lipinski definition) is 1. The maximum atomic E-state index is 12.2. The van der Waals surface area contributed by atoms with Crippen LogP contribution in [0.25, 0.3) is 0 Å². The summed E-state index contributed by atoms with van der Waals surface area (Å²) in [6, 6.07) is 13.7. The molecule has 3 heteroatoms. The number of rotatable bonds is 3. The molecule has 0 bridgehead atoms. The van der Waals surface area contributed by atoms with Gasteiger partial charge in [0.2, 0.25) is 0 Å². The van der Waals surface area contributed by atoms with Crippen molar-refractivity contribution in [3.63, 3.8) is 0 Å². The molecule has 2 aromatic rings. The molecule has 20 heavy (non-hydrogen) atoms. The molecular formula is C17H18BrNO. The number of amides is 1. The lowest BCUT2D eigenvalue weighted by molar-refractivity contribution is 0.0940. The Morgan fingerprint density at radius 2 is 1.70 bits per heavy atom. The molecule has 2 nitrogen and oxygen atoms in total. The van der Waals surface area contributed by atoms with Crippen molar-refractivity contribution in [3.05, 3.63) is 69.2 Å². The van der Waals surface area contributed by atoms with E-state index in [1.54, 1.807) is 0 Å². The van der Waals surface area contributed by atoms with Gasteiger partial charge in [-0.2, -0.15) is 0 Å². The molecule has 0 radical (unpaired) electrons. The van der Waals surface area contributed by atoms with Gasteiger partial charge in [-0.15, -0.1) is 0 Å². The smallest absolute Gasteiger partial charge is 0.251 e.